The van der Waals surface area contributed by atoms with E-state index in [1.807, 2.05) is 30.3 Å². The smallest absolute Gasteiger partial charge is 0.222 e. The lowest BCUT2D eigenvalue weighted by atomic mass is 9.94. The third-order valence-corrected chi connectivity index (χ3v) is 3.32. The maximum Gasteiger partial charge on any atom is 0.222 e. The Labute approximate surface area is 111 Å². The Kier molecular flexibility index (Phi) is 2.95. The van der Waals surface area contributed by atoms with Gasteiger partial charge >= 0.3 is 0 Å². The summed E-state index contributed by atoms with van der Waals surface area (Å²) in [7, 11) is 0. The maximum atomic E-state index is 5.96. The molecule has 0 aliphatic heterocycles. The molecule has 0 amide bonds. The number of hydrogen-bond acceptors (Lipinski definition) is 5. The minimum absolute atomic E-state index is 0.115. The molecule has 1 aliphatic rings. The lowest BCUT2D eigenvalue weighted by molar-refractivity contribution is 0.184. The van der Waals surface area contributed by atoms with Crippen molar-refractivity contribution in [1.29, 1.82) is 0 Å². The molecule has 0 fully saturated rings. The molecule has 0 saturated carbocycles. The Morgan fingerprint density at radius 1 is 1.11 bits per heavy atom. The average Bonchev–Trinajstić information content (AvgIpc) is 2.40. The number of anilines is 2. The van der Waals surface area contributed by atoms with E-state index in [1.54, 1.807) is 0 Å². The van der Waals surface area contributed by atoms with Crippen molar-refractivity contribution >= 4 is 11.8 Å². The van der Waals surface area contributed by atoms with Gasteiger partial charge in [-0.2, -0.15) is 4.98 Å². The molecule has 1 unspecified atom stereocenters. The molecular formula is C14H16N4O. The number of rotatable bonds is 2. The van der Waals surface area contributed by atoms with Crippen LogP contribution in [0.15, 0.2) is 30.3 Å². The van der Waals surface area contributed by atoms with E-state index >= 15 is 0 Å². The van der Waals surface area contributed by atoms with Crippen molar-refractivity contribution in [2.75, 3.05) is 11.5 Å². The predicted octanol–water partition coefficient (Wildman–Crippen LogP) is 1.58. The van der Waals surface area contributed by atoms with Gasteiger partial charge in [0, 0.05) is 12.0 Å². The van der Waals surface area contributed by atoms with Gasteiger partial charge in [0.1, 0.15) is 17.7 Å². The highest BCUT2D eigenvalue weighted by Gasteiger charge is 2.24. The normalized spacial score (nSPS) is 17.8. The summed E-state index contributed by atoms with van der Waals surface area (Å²) < 4.78 is 5.96. The zero-order valence-electron chi connectivity index (χ0n) is 10.5. The summed E-state index contributed by atoms with van der Waals surface area (Å²) in [5.41, 5.74) is 13.4. The highest BCUT2D eigenvalue weighted by atomic mass is 16.5. The molecule has 1 aliphatic carbocycles. The predicted molar refractivity (Wildman–Crippen MR) is 73.7 cm³/mol. The number of nitrogens with two attached hydrogens (primary N) is 2. The van der Waals surface area contributed by atoms with Gasteiger partial charge in [-0.1, -0.05) is 18.2 Å². The molecule has 0 saturated heterocycles. The Morgan fingerprint density at radius 3 is 2.68 bits per heavy atom. The number of fused-ring (bicyclic) bond motifs is 1. The molecule has 0 radical (unpaired) electrons. The fraction of sp³-hybridized carbons (Fsp3) is 0.286. The molecule has 1 aromatic carbocycles. The zero-order chi connectivity index (χ0) is 13.2. The van der Waals surface area contributed by atoms with Crippen LogP contribution in [-0.4, -0.2) is 16.1 Å². The van der Waals surface area contributed by atoms with Crippen LogP contribution in [0.1, 0.15) is 17.7 Å². The van der Waals surface area contributed by atoms with Crippen LogP contribution in [0.3, 0.4) is 0 Å². The van der Waals surface area contributed by atoms with Crippen molar-refractivity contribution in [1.82, 2.24) is 9.97 Å². The van der Waals surface area contributed by atoms with Crippen LogP contribution < -0.4 is 16.2 Å². The molecule has 1 aromatic heterocycles. The lowest BCUT2D eigenvalue weighted by Gasteiger charge is -2.25. The van der Waals surface area contributed by atoms with E-state index in [4.69, 9.17) is 16.2 Å². The Morgan fingerprint density at radius 2 is 1.89 bits per heavy atom. The quantitative estimate of drug-likeness (QED) is 0.851. The molecule has 5 heteroatoms. The first kappa shape index (κ1) is 11.8. The summed E-state index contributed by atoms with van der Waals surface area (Å²) >= 11 is 0. The molecular weight excluding hydrogens is 240 g/mol. The molecule has 1 atom stereocenters. The fourth-order valence-electron chi connectivity index (χ4n) is 2.42. The SMILES string of the molecule is Nc1nc(N)c2c(n1)CCC(Oc1ccccc1)C2. The molecule has 0 bridgehead atoms. The number of hydrogen-bond donors (Lipinski definition) is 2. The van der Waals surface area contributed by atoms with E-state index in [9.17, 15) is 0 Å². The largest absolute Gasteiger partial charge is 0.490 e. The van der Waals surface area contributed by atoms with Crippen molar-refractivity contribution < 1.29 is 4.74 Å². The van der Waals surface area contributed by atoms with Crippen LogP contribution in [-0.2, 0) is 12.8 Å². The number of ether oxygens (including phenoxy) is 1. The molecule has 3 rings (SSSR count). The highest BCUT2D eigenvalue weighted by Crippen LogP contribution is 2.27. The van der Waals surface area contributed by atoms with E-state index in [-0.39, 0.29) is 12.1 Å². The third kappa shape index (κ3) is 2.45. The topological polar surface area (TPSA) is 87.0 Å². The summed E-state index contributed by atoms with van der Waals surface area (Å²) in [5, 5.41) is 0. The van der Waals surface area contributed by atoms with Crippen molar-refractivity contribution in [3.05, 3.63) is 41.6 Å². The van der Waals surface area contributed by atoms with Gasteiger partial charge in [0.15, 0.2) is 0 Å². The van der Waals surface area contributed by atoms with Crippen LogP contribution in [0, 0.1) is 0 Å². The second-order valence-corrected chi connectivity index (χ2v) is 4.69. The number of aryl methyl sites for hydroxylation is 1. The van der Waals surface area contributed by atoms with Crippen LogP contribution >= 0.6 is 0 Å². The van der Waals surface area contributed by atoms with Crippen LogP contribution in [0.5, 0.6) is 5.75 Å². The first-order valence-electron chi connectivity index (χ1n) is 6.35. The summed E-state index contributed by atoms with van der Waals surface area (Å²) in [4.78, 5) is 8.26. The minimum Gasteiger partial charge on any atom is -0.490 e. The number of nitrogens with zero attached hydrogens (tertiary/aromatic N) is 2. The molecule has 98 valence electrons. The van der Waals surface area contributed by atoms with Gasteiger partial charge in [-0.15, -0.1) is 0 Å². The molecule has 1 heterocycles. The van der Waals surface area contributed by atoms with Crippen LogP contribution in [0.2, 0.25) is 0 Å². The van der Waals surface area contributed by atoms with E-state index in [1.165, 1.54) is 0 Å². The first-order valence-corrected chi connectivity index (χ1v) is 6.35. The second kappa shape index (κ2) is 4.76. The standard InChI is InChI=1S/C14H16N4O/c15-13-11-8-10(19-9-4-2-1-3-5-9)6-7-12(11)17-14(16)18-13/h1-5,10H,6-8H2,(H4,15,16,17,18). The van der Waals surface area contributed by atoms with Gasteiger partial charge in [0.2, 0.25) is 5.95 Å². The Balaban J connectivity index is 1.79. The van der Waals surface area contributed by atoms with E-state index in [0.29, 0.717) is 5.82 Å². The van der Waals surface area contributed by atoms with Gasteiger partial charge in [0.05, 0.1) is 5.69 Å². The van der Waals surface area contributed by atoms with Gasteiger partial charge in [-0.3, -0.25) is 0 Å². The van der Waals surface area contributed by atoms with Crippen LogP contribution in [0.4, 0.5) is 11.8 Å². The third-order valence-electron chi connectivity index (χ3n) is 3.32. The van der Waals surface area contributed by atoms with Crippen LogP contribution in [0.25, 0.3) is 0 Å². The zero-order valence-corrected chi connectivity index (χ0v) is 10.5. The second-order valence-electron chi connectivity index (χ2n) is 4.69. The molecule has 0 spiro atoms. The van der Waals surface area contributed by atoms with Gasteiger partial charge in [-0.25, -0.2) is 4.98 Å². The number of benzene rings is 1. The summed E-state index contributed by atoms with van der Waals surface area (Å²) in [6, 6.07) is 9.81. The van der Waals surface area contributed by atoms with Gasteiger partial charge < -0.3 is 16.2 Å². The fourth-order valence-corrected chi connectivity index (χ4v) is 2.42. The number of aromatic nitrogens is 2. The molecule has 2 aromatic rings. The van der Waals surface area contributed by atoms with Crippen molar-refractivity contribution in [3.63, 3.8) is 0 Å². The molecule has 4 N–H and O–H groups in total. The van der Waals surface area contributed by atoms with Crippen molar-refractivity contribution in [3.8, 4) is 5.75 Å². The number of nitrogen functional groups attached to an aromatic ring is 2. The summed E-state index contributed by atoms with van der Waals surface area (Å²) in [5.74, 6) is 1.61. The first-order chi connectivity index (χ1) is 9.22. The van der Waals surface area contributed by atoms with Crippen molar-refractivity contribution in [2.24, 2.45) is 0 Å². The van der Waals surface area contributed by atoms with E-state index in [2.05, 4.69) is 9.97 Å². The van der Waals surface area contributed by atoms with E-state index < -0.39 is 0 Å². The van der Waals surface area contributed by atoms with E-state index in [0.717, 1.165) is 36.3 Å². The lowest BCUT2D eigenvalue weighted by Crippen LogP contribution is -2.27. The van der Waals surface area contributed by atoms with Gasteiger partial charge in [-0.05, 0) is 25.0 Å². The summed E-state index contributed by atoms with van der Waals surface area (Å²) in [6.07, 6.45) is 2.59. The monoisotopic (exact) mass is 256 g/mol. The molecule has 19 heavy (non-hydrogen) atoms. The Bertz CT molecular complexity index is 585. The van der Waals surface area contributed by atoms with Crippen molar-refractivity contribution in [2.45, 2.75) is 25.4 Å². The van der Waals surface area contributed by atoms with Gasteiger partial charge in [0.25, 0.3) is 0 Å². The minimum atomic E-state index is 0.115. The highest BCUT2D eigenvalue weighted by molar-refractivity contribution is 5.47. The summed E-state index contributed by atoms with van der Waals surface area (Å²) in [6.45, 7) is 0. The number of para-hydroxylation sites is 1. The average molecular weight is 256 g/mol. The Hall–Kier alpha value is -2.30. The maximum absolute atomic E-state index is 5.96. The molecule has 5 nitrogen and oxygen atoms in total.